The van der Waals surface area contributed by atoms with Crippen molar-refractivity contribution in [1.82, 2.24) is 9.38 Å². The van der Waals surface area contributed by atoms with Crippen molar-refractivity contribution in [3.8, 4) is 11.3 Å². The monoisotopic (exact) mass is 420 g/mol. The molecule has 0 aliphatic carbocycles. The average Bonchev–Trinajstić information content (AvgIpc) is 3.02. The van der Waals surface area contributed by atoms with Crippen molar-refractivity contribution in [3.05, 3.63) is 93.7 Å². The third-order valence-corrected chi connectivity index (χ3v) is 4.96. The Kier molecular flexibility index (Phi) is 4.81. The van der Waals surface area contributed by atoms with E-state index in [2.05, 4.69) is 4.98 Å². The first-order chi connectivity index (χ1) is 13.3. The molecule has 4 aromatic rings. The van der Waals surface area contributed by atoms with Gasteiger partial charge >= 0.3 is 6.18 Å². The molecule has 0 spiro atoms. The maximum Gasteiger partial charge on any atom is 0.417 e. The van der Waals surface area contributed by atoms with Crippen molar-refractivity contribution in [2.75, 3.05) is 0 Å². The van der Waals surface area contributed by atoms with Crippen molar-refractivity contribution in [1.29, 1.82) is 0 Å². The van der Waals surface area contributed by atoms with E-state index in [4.69, 9.17) is 23.2 Å². The number of aromatic nitrogens is 2. The van der Waals surface area contributed by atoms with Crippen molar-refractivity contribution in [2.24, 2.45) is 0 Å². The van der Waals surface area contributed by atoms with Crippen LogP contribution in [0, 0.1) is 0 Å². The second kappa shape index (κ2) is 7.15. The first-order valence-corrected chi connectivity index (χ1v) is 9.16. The molecule has 142 valence electrons. The van der Waals surface area contributed by atoms with Crippen LogP contribution in [0.2, 0.25) is 10.0 Å². The molecule has 2 heterocycles. The number of rotatable bonds is 3. The standard InChI is InChI=1S/C21H13Cl2F3N2/c22-16-8-6-14(7-9-16)19-18(10-13-4-2-1-3-5-13)28-12-15(21(24,25)26)11-17(23)20(28)27-19/h1-9,11-12H,10H2. The average molecular weight is 421 g/mol. The fraction of sp³-hybridized carbons (Fsp3) is 0.0952. The Morgan fingerprint density at radius 2 is 1.61 bits per heavy atom. The number of hydrogen-bond donors (Lipinski definition) is 0. The van der Waals surface area contributed by atoms with E-state index in [1.165, 1.54) is 4.40 Å². The van der Waals surface area contributed by atoms with Gasteiger partial charge in [-0.25, -0.2) is 4.98 Å². The van der Waals surface area contributed by atoms with Gasteiger partial charge in [0.25, 0.3) is 0 Å². The van der Waals surface area contributed by atoms with E-state index in [-0.39, 0.29) is 10.7 Å². The van der Waals surface area contributed by atoms with Crippen LogP contribution in [0.5, 0.6) is 0 Å². The second-order valence-electron chi connectivity index (χ2n) is 6.34. The minimum absolute atomic E-state index is 0.0515. The van der Waals surface area contributed by atoms with Gasteiger partial charge in [0, 0.05) is 23.2 Å². The SMILES string of the molecule is FC(F)(F)c1cc(Cl)c2nc(-c3ccc(Cl)cc3)c(Cc3ccccc3)n2c1. The van der Waals surface area contributed by atoms with E-state index < -0.39 is 11.7 Å². The number of imidazole rings is 1. The van der Waals surface area contributed by atoms with Gasteiger partial charge in [0.05, 0.1) is 22.0 Å². The smallest absolute Gasteiger partial charge is 0.301 e. The largest absolute Gasteiger partial charge is 0.417 e. The Morgan fingerprint density at radius 3 is 2.25 bits per heavy atom. The number of hydrogen-bond acceptors (Lipinski definition) is 1. The molecule has 0 bridgehead atoms. The molecule has 0 unspecified atom stereocenters. The number of pyridine rings is 1. The van der Waals surface area contributed by atoms with E-state index in [1.807, 2.05) is 30.3 Å². The molecule has 2 nitrogen and oxygen atoms in total. The summed E-state index contributed by atoms with van der Waals surface area (Å²) < 4.78 is 41.4. The van der Waals surface area contributed by atoms with E-state index in [9.17, 15) is 13.2 Å². The summed E-state index contributed by atoms with van der Waals surface area (Å²) in [4.78, 5) is 4.55. The predicted molar refractivity (Wildman–Crippen MR) is 105 cm³/mol. The van der Waals surface area contributed by atoms with Crippen LogP contribution in [-0.2, 0) is 12.6 Å². The van der Waals surface area contributed by atoms with Crippen LogP contribution in [0.25, 0.3) is 16.9 Å². The van der Waals surface area contributed by atoms with E-state index in [1.54, 1.807) is 24.3 Å². The van der Waals surface area contributed by atoms with Gasteiger partial charge in [-0.1, -0.05) is 65.7 Å². The second-order valence-corrected chi connectivity index (χ2v) is 7.19. The molecular formula is C21H13Cl2F3N2. The first kappa shape index (κ1) is 18.8. The number of halogens is 5. The van der Waals surface area contributed by atoms with Crippen molar-refractivity contribution in [3.63, 3.8) is 0 Å². The summed E-state index contributed by atoms with van der Waals surface area (Å²) in [5.41, 5.74) is 2.36. The van der Waals surface area contributed by atoms with Crippen LogP contribution >= 0.6 is 23.2 Å². The van der Waals surface area contributed by atoms with Gasteiger partial charge in [-0.05, 0) is 23.8 Å². The molecule has 2 aromatic heterocycles. The molecule has 0 N–H and O–H groups in total. The summed E-state index contributed by atoms with van der Waals surface area (Å²) in [5.74, 6) is 0. The molecule has 0 saturated carbocycles. The van der Waals surface area contributed by atoms with Crippen LogP contribution in [0.15, 0.2) is 66.9 Å². The molecule has 0 atom stereocenters. The third kappa shape index (κ3) is 3.60. The van der Waals surface area contributed by atoms with Gasteiger partial charge in [-0.2, -0.15) is 13.2 Å². The lowest BCUT2D eigenvalue weighted by Crippen LogP contribution is -2.08. The zero-order valence-corrected chi connectivity index (χ0v) is 15.9. The topological polar surface area (TPSA) is 17.3 Å². The van der Waals surface area contributed by atoms with Crippen LogP contribution in [-0.4, -0.2) is 9.38 Å². The van der Waals surface area contributed by atoms with E-state index in [0.717, 1.165) is 23.4 Å². The Morgan fingerprint density at radius 1 is 0.929 bits per heavy atom. The highest BCUT2D eigenvalue weighted by molar-refractivity contribution is 6.33. The summed E-state index contributed by atoms with van der Waals surface area (Å²) in [5, 5.41) is 0.513. The van der Waals surface area contributed by atoms with Crippen LogP contribution < -0.4 is 0 Å². The summed E-state index contributed by atoms with van der Waals surface area (Å²) in [7, 11) is 0. The van der Waals surface area contributed by atoms with Crippen LogP contribution in [0.1, 0.15) is 16.8 Å². The zero-order valence-electron chi connectivity index (χ0n) is 14.3. The van der Waals surface area contributed by atoms with Crippen LogP contribution in [0.3, 0.4) is 0 Å². The highest BCUT2D eigenvalue weighted by Crippen LogP contribution is 2.35. The summed E-state index contributed by atoms with van der Waals surface area (Å²) in [6.45, 7) is 0. The van der Waals surface area contributed by atoms with Crippen molar-refractivity contribution >= 4 is 28.8 Å². The minimum Gasteiger partial charge on any atom is -0.301 e. The molecule has 2 aromatic carbocycles. The lowest BCUT2D eigenvalue weighted by Gasteiger charge is -2.10. The Bertz CT molecular complexity index is 1130. The Balaban J connectivity index is 1.98. The Hall–Kier alpha value is -2.50. The fourth-order valence-corrected chi connectivity index (χ4v) is 3.48. The number of nitrogens with zero attached hydrogens (tertiary/aromatic N) is 2. The van der Waals surface area contributed by atoms with Crippen LogP contribution in [0.4, 0.5) is 13.2 Å². The quantitative estimate of drug-likeness (QED) is 0.351. The molecule has 0 aliphatic heterocycles. The predicted octanol–water partition coefficient (Wildman–Crippen LogP) is 6.92. The molecule has 0 fully saturated rings. The van der Waals surface area contributed by atoms with E-state index in [0.29, 0.717) is 22.8 Å². The number of fused-ring (bicyclic) bond motifs is 1. The molecule has 0 radical (unpaired) electrons. The molecule has 0 aliphatic rings. The lowest BCUT2D eigenvalue weighted by molar-refractivity contribution is -0.137. The van der Waals surface area contributed by atoms with Gasteiger partial charge in [-0.15, -0.1) is 0 Å². The Labute approximate surface area is 169 Å². The third-order valence-electron chi connectivity index (χ3n) is 4.43. The van der Waals surface area contributed by atoms with Gasteiger partial charge in [0.2, 0.25) is 0 Å². The number of benzene rings is 2. The maximum absolute atomic E-state index is 13.3. The highest BCUT2D eigenvalue weighted by Gasteiger charge is 2.32. The lowest BCUT2D eigenvalue weighted by atomic mass is 10.0. The zero-order chi connectivity index (χ0) is 19.9. The molecular weight excluding hydrogens is 408 g/mol. The molecule has 0 amide bonds. The van der Waals surface area contributed by atoms with Crippen molar-refractivity contribution in [2.45, 2.75) is 12.6 Å². The molecule has 28 heavy (non-hydrogen) atoms. The minimum atomic E-state index is -4.51. The normalized spacial score (nSPS) is 11.9. The maximum atomic E-state index is 13.3. The fourth-order valence-electron chi connectivity index (χ4n) is 3.10. The summed E-state index contributed by atoms with van der Waals surface area (Å²) >= 11 is 12.1. The molecule has 0 saturated heterocycles. The number of alkyl halides is 3. The highest BCUT2D eigenvalue weighted by atomic mass is 35.5. The van der Waals surface area contributed by atoms with E-state index >= 15 is 0 Å². The van der Waals surface area contributed by atoms with Gasteiger partial charge in [0.15, 0.2) is 5.65 Å². The summed E-state index contributed by atoms with van der Waals surface area (Å²) in [6, 6.07) is 17.4. The first-order valence-electron chi connectivity index (χ1n) is 8.40. The van der Waals surface area contributed by atoms with Gasteiger partial charge < -0.3 is 4.40 Å². The molecule has 7 heteroatoms. The molecule has 4 rings (SSSR count). The van der Waals surface area contributed by atoms with Gasteiger partial charge in [0.1, 0.15) is 0 Å². The summed E-state index contributed by atoms with van der Waals surface area (Å²) in [6.07, 6.45) is -3.06. The van der Waals surface area contributed by atoms with Gasteiger partial charge in [-0.3, -0.25) is 0 Å². The van der Waals surface area contributed by atoms with Crippen molar-refractivity contribution < 1.29 is 13.2 Å².